The van der Waals surface area contributed by atoms with E-state index in [1.807, 2.05) is 19.9 Å². The highest BCUT2D eigenvalue weighted by atomic mass is 32.2. The lowest BCUT2D eigenvalue weighted by Gasteiger charge is -2.16. The van der Waals surface area contributed by atoms with Crippen LogP contribution in [-0.4, -0.2) is 16.5 Å². The van der Waals surface area contributed by atoms with E-state index in [-0.39, 0.29) is 0 Å². The molecule has 0 bridgehead atoms. The maximum atomic E-state index is 9.76. The Kier molecular flexibility index (Phi) is 4.67. The maximum Gasteiger partial charge on any atom is 0.0685 e. The van der Waals surface area contributed by atoms with Crippen LogP contribution in [0.5, 0.6) is 0 Å². The Labute approximate surface area is 119 Å². The molecule has 0 aromatic heterocycles. The molecule has 0 aliphatic rings. The number of thioether (sulfide) groups is 1. The Bertz CT molecular complexity index is 514. The summed E-state index contributed by atoms with van der Waals surface area (Å²) in [4.78, 5) is 1.22. The van der Waals surface area contributed by atoms with Crippen molar-refractivity contribution in [3.63, 3.8) is 0 Å². The molecule has 0 saturated heterocycles. The summed E-state index contributed by atoms with van der Waals surface area (Å²) in [5, 5.41) is 9.76. The highest BCUT2D eigenvalue weighted by Crippen LogP contribution is 2.24. The highest BCUT2D eigenvalue weighted by molar-refractivity contribution is 7.99. The molecule has 19 heavy (non-hydrogen) atoms. The van der Waals surface area contributed by atoms with Crippen LogP contribution in [0, 0.1) is 0 Å². The smallest absolute Gasteiger partial charge is 0.0685 e. The average Bonchev–Trinajstić information content (AvgIpc) is 2.37. The summed E-state index contributed by atoms with van der Waals surface area (Å²) in [5.41, 5.74) is 2.01. The van der Waals surface area contributed by atoms with Gasteiger partial charge in [0.25, 0.3) is 0 Å². The second-order valence-corrected chi connectivity index (χ2v) is 6.46. The van der Waals surface area contributed by atoms with Gasteiger partial charge in [-0.05, 0) is 43.5 Å². The van der Waals surface area contributed by atoms with Crippen molar-refractivity contribution >= 4 is 11.8 Å². The highest BCUT2D eigenvalue weighted by Gasteiger charge is 2.12. The first-order chi connectivity index (χ1) is 9.03. The molecular formula is C17H20OS. The normalized spacial score (nSPS) is 11.5. The van der Waals surface area contributed by atoms with Crippen molar-refractivity contribution in [2.75, 3.05) is 5.75 Å². The van der Waals surface area contributed by atoms with E-state index in [0.29, 0.717) is 5.75 Å². The summed E-state index contributed by atoms with van der Waals surface area (Å²) in [7, 11) is 0. The first-order valence-electron chi connectivity index (χ1n) is 6.51. The molecule has 0 fully saturated rings. The largest absolute Gasteiger partial charge is 0.390 e. The lowest BCUT2D eigenvalue weighted by Crippen LogP contribution is -2.21. The molecule has 0 amide bonds. The third kappa shape index (κ3) is 5.09. The van der Waals surface area contributed by atoms with Gasteiger partial charge in [-0.15, -0.1) is 11.8 Å². The molecule has 1 N–H and O–H groups in total. The van der Waals surface area contributed by atoms with Gasteiger partial charge >= 0.3 is 0 Å². The van der Waals surface area contributed by atoms with Crippen molar-refractivity contribution in [1.29, 1.82) is 0 Å². The number of benzene rings is 2. The lowest BCUT2D eigenvalue weighted by molar-refractivity contribution is 0.107. The van der Waals surface area contributed by atoms with E-state index in [4.69, 9.17) is 0 Å². The molecule has 0 spiro atoms. The van der Waals surface area contributed by atoms with Crippen molar-refractivity contribution in [1.82, 2.24) is 0 Å². The van der Waals surface area contributed by atoms with Crippen LogP contribution in [0.2, 0.25) is 0 Å². The average molecular weight is 272 g/mol. The summed E-state index contributed by atoms with van der Waals surface area (Å²) in [6.45, 7) is 3.68. The molecule has 0 unspecified atom stereocenters. The minimum atomic E-state index is -0.625. The molecule has 0 aliphatic heterocycles. The van der Waals surface area contributed by atoms with Gasteiger partial charge in [-0.2, -0.15) is 0 Å². The lowest BCUT2D eigenvalue weighted by atomic mass is 10.1. The second kappa shape index (κ2) is 6.27. The van der Waals surface area contributed by atoms with E-state index < -0.39 is 5.60 Å². The summed E-state index contributed by atoms with van der Waals surface area (Å²) < 4.78 is 0. The van der Waals surface area contributed by atoms with Crippen molar-refractivity contribution in [3.05, 3.63) is 65.7 Å². The van der Waals surface area contributed by atoms with E-state index >= 15 is 0 Å². The number of rotatable bonds is 5. The van der Waals surface area contributed by atoms with Gasteiger partial charge < -0.3 is 5.11 Å². The van der Waals surface area contributed by atoms with Gasteiger partial charge in [0.1, 0.15) is 0 Å². The third-order valence-electron chi connectivity index (χ3n) is 2.74. The van der Waals surface area contributed by atoms with Crippen LogP contribution in [0.15, 0.2) is 59.5 Å². The van der Waals surface area contributed by atoms with Gasteiger partial charge in [-0.3, -0.25) is 0 Å². The molecule has 2 aromatic rings. The van der Waals surface area contributed by atoms with Gasteiger partial charge in [-0.1, -0.05) is 42.5 Å². The first kappa shape index (κ1) is 14.2. The van der Waals surface area contributed by atoms with Crippen LogP contribution in [0.1, 0.15) is 25.0 Å². The number of hydrogen-bond acceptors (Lipinski definition) is 2. The Hall–Kier alpha value is -1.25. The number of aliphatic hydroxyl groups is 1. The predicted octanol–water partition coefficient (Wildman–Crippen LogP) is 4.14. The van der Waals surface area contributed by atoms with E-state index in [1.165, 1.54) is 16.0 Å². The topological polar surface area (TPSA) is 20.2 Å². The zero-order valence-corrected chi connectivity index (χ0v) is 12.3. The minimum Gasteiger partial charge on any atom is -0.390 e. The maximum absolute atomic E-state index is 9.76. The van der Waals surface area contributed by atoms with Crippen molar-refractivity contribution < 1.29 is 5.11 Å². The molecule has 0 aliphatic carbocycles. The fourth-order valence-corrected chi connectivity index (χ4v) is 2.77. The van der Waals surface area contributed by atoms with Crippen LogP contribution in [-0.2, 0) is 6.42 Å². The molecule has 0 heterocycles. The quantitative estimate of drug-likeness (QED) is 0.825. The third-order valence-corrected chi connectivity index (χ3v) is 4.18. The van der Waals surface area contributed by atoms with Gasteiger partial charge in [0.2, 0.25) is 0 Å². The van der Waals surface area contributed by atoms with Crippen LogP contribution < -0.4 is 0 Å². The van der Waals surface area contributed by atoms with Crippen LogP contribution in [0.4, 0.5) is 0 Å². The number of hydrogen-bond donors (Lipinski definition) is 1. The Balaban J connectivity index is 2.03. The first-order valence-corrected chi connectivity index (χ1v) is 7.49. The molecule has 100 valence electrons. The summed E-state index contributed by atoms with van der Waals surface area (Å²) in [5.74, 6) is 0.710. The van der Waals surface area contributed by atoms with E-state index in [2.05, 4.69) is 48.5 Å². The molecule has 2 aromatic carbocycles. The van der Waals surface area contributed by atoms with Crippen molar-refractivity contribution in [2.24, 2.45) is 0 Å². The van der Waals surface area contributed by atoms with Crippen molar-refractivity contribution in [3.8, 4) is 0 Å². The fourth-order valence-electron chi connectivity index (χ4n) is 1.84. The standard InChI is InChI=1S/C17H20OS/c1-17(2,18)13-19-16-10-6-9-15(12-16)11-14-7-4-3-5-8-14/h3-10,12,18H,11,13H2,1-2H3. The molecule has 1 nitrogen and oxygen atoms in total. The van der Waals surface area contributed by atoms with E-state index in [1.54, 1.807) is 11.8 Å². The molecule has 2 rings (SSSR count). The van der Waals surface area contributed by atoms with Gasteiger partial charge in [0.05, 0.1) is 5.60 Å². The molecular weight excluding hydrogens is 252 g/mol. The van der Waals surface area contributed by atoms with Crippen LogP contribution in [0.3, 0.4) is 0 Å². The van der Waals surface area contributed by atoms with Gasteiger partial charge in [-0.25, -0.2) is 0 Å². The Morgan fingerprint density at radius 2 is 1.63 bits per heavy atom. The zero-order valence-electron chi connectivity index (χ0n) is 11.5. The summed E-state index contributed by atoms with van der Waals surface area (Å²) >= 11 is 1.70. The van der Waals surface area contributed by atoms with E-state index in [0.717, 1.165) is 6.42 Å². The van der Waals surface area contributed by atoms with Crippen molar-refractivity contribution in [2.45, 2.75) is 30.8 Å². The SMILES string of the molecule is CC(C)(O)CSc1cccc(Cc2ccccc2)c1. The fraction of sp³-hybridized carbons (Fsp3) is 0.294. The van der Waals surface area contributed by atoms with E-state index in [9.17, 15) is 5.11 Å². The Morgan fingerprint density at radius 1 is 0.947 bits per heavy atom. The monoisotopic (exact) mass is 272 g/mol. The predicted molar refractivity (Wildman–Crippen MR) is 82.7 cm³/mol. The molecule has 0 atom stereocenters. The summed E-state index contributed by atoms with van der Waals surface area (Å²) in [6, 6.07) is 19.0. The van der Waals surface area contributed by atoms with Crippen LogP contribution in [0.25, 0.3) is 0 Å². The molecule has 0 saturated carbocycles. The summed E-state index contributed by atoms with van der Waals surface area (Å²) in [6.07, 6.45) is 0.956. The molecule has 0 radical (unpaired) electrons. The van der Waals surface area contributed by atoms with Crippen LogP contribution >= 0.6 is 11.8 Å². The molecule has 2 heteroatoms. The minimum absolute atomic E-state index is 0.625. The zero-order chi connectivity index (χ0) is 13.7. The Morgan fingerprint density at radius 3 is 2.32 bits per heavy atom. The van der Waals surface area contributed by atoms with Gasteiger partial charge in [0.15, 0.2) is 0 Å². The van der Waals surface area contributed by atoms with Gasteiger partial charge in [0, 0.05) is 10.6 Å². The second-order valence-electron chi connectivity index (χ2n) is 5.41.